The van der Waals surface area contributed by atoms with Crippen LogP contribution in [0.1, 0.15) is 16.1 Å². The number of anilines is 1. The number of H-pyrrole nitrogens is 2. The molecular formula is C12H8F3N3O3. The van der Waals surface area contributed by atoms with Gasteiger partial charge in [0, 0.05) is 11.8 Å². The summed E-state index contributed by atoms with van der Waals surface area (Å²) in [4.78, 5) is 37.8. The molecule has 0 aliphatic heterocycles. The summed E-state index contributed by atoms with van der Waals surface area (Å²) in [7, 11) is 0. The largest absolute Gasteiger partial charge is 0.416 e. The molecule has 0 fully saturated rings. The van der Waals surface area contributed by atoms with Crippen molar-refractivity contribution in [2.45, 2.75) is 6.18 Å². The number of aromatic amines is 2. The average molecular weight is 299 g/mol. The Kier molecular flexibility index (Phi) is 3.66. The van der Waals surface area contributed by atoms with Gasteiger partial charge in [0.1, 0.15) is 5.69 Å². The number of amides is 1. The fraction of sp³-hybridized carbons (Fsp3) is 0.0833. The SMILES string of the molecule is O=C(Nc1cccc(C(F)(F)F)c1)c1cc(=O)[nH]c(=O)[nH]1. The van der Waals surface area contributed by atoms with E-state index in [1.54, 1.807) is 0 Å². The number of carbonyl (C=O) groups excluding carboxylic acids is 1. The summed E-state index contributed by atoms with van der Waals surface area (Å²) in [5.74, 6) is -0.905. The van der Waals surface area contributed by atoms with E-state index in [4.69, 9.17) is 0 Å². The molecule has 0 aliphatic rings. The molecule has 21 heavy (non-hydrogen) atoms. The van der Waals surface area contributed by atoms with Gasteiger partial charge in [0.25, 0.3) is 11.5 Å². The summed E-state index contributed by atoms with van der Waals surface area (Å²) in [5, 5.41) is 2.16. The molecular weight excluding hydrogens is 291 g/mol. The second-order valence-electron chi connectivity index (χ2n) is 4.03. The molecule has 110 valence electrons. The van der Waals surface area contributed by atoms with Crippen molar-refractivity contribution in [2.75, 3.05) is 5.32 Å². The standard InChI is InChI=1S/C12H8F3N3O3/c13-12(14,15)6-2-1-3-7(4-6)16-10(20)8-5-9(19)18-11(21)17-8/h1-5H,(H,16,20)(H2,17,18,19,21). The number of aromatic nitrogens is 2. The Hall–Kier alpha value is -2.84. The van der Waals surface area contributed by atoms with Crippen molar-refractivity contribution in [1.29, 1.82) is 0 Å². The third-order valence-corrected chi connectivity index (χ3v) is 2.45. The van der Waals surface area contributed by atoms with Crippen LogP contribution >= 0.6 is 0 Å². The van der Waals surface area contributed by atoms with Crippen LogP contribution in [0.3, 0.4) is 0 Å². The number of hydrogen-bond donors (Lipinski definition) is 3. The van der Waals surface area contributed by atoms with Crippen LogP contribution in [0.5, 0.6) is 0 Å². The van der Waals surface area contributed by atoms with Gasteiger partial charge in [0.05, 0.1) is 5.56 Å². The van der Waals surface area contributed by atoms with Gasteiger partial charge >= 0.3 is 11.9 Å². The lowest BCUT2D eigenvalue weighted by Gasteiger charge is -2.09. The predicted octanol–water partition coefficient (Wildman–Crippen LogP) is 1.33. The van der Waals surface area contributed by atoms with E-state index < -0.39 is 28.9 Å². The fourth-order valence-electron chi connectivity index (χ4n) is 1.56. The number of alkyl halides is 3. The smallest absolute Gasteiger partial charge is 0.321 e. The van der Waals surface area contributed by atoms with E-state index in [1.165, 1.54) is 6.07 Å². The number of rotatable bonds is 2. The van der Waals surface area contributed by atoms with Crippen molar-refractivity contribution >= 4 is 11.6 Å². The van der Waals surface area contributed by atoms with E-state index in [2.05, 4.69) is 10.3 Å². The van der Waals surface area contributed by atoms with E-state index in [9.17, 15) is 27.6 Å². The second kappa shape index (κ2) is 5.27. The van der Waals surface area contributed by atoms with Crippen molar-refractivity contribution in [1.82, 2.24) is 9.97 Å². The molecule has 0 saturated heterocycles. The normalized spacial score (nSPS) is 11.2. The van der Waals surface area contributed by atoms with E-state index in [0.717, 1.165) is 24.3 Å². The molecule has 0 unspecified atom stereocenters. The Bertz CT molecular complexity index is 764. The van der Waals surface area contributed by atoms with Gasteiger partial charge in [-0.15, -0.1) is 0 Å². The minimum atomic E-state index is -4.54. The molecule has 6 nitrogen and oxygen atoms in total. The molecule has 0 spiro atoms. The summed E-state index contributed by atoms with van der Waals surface area (Å²) in [6, 6.07) is 4.79. The molecule has 3 N–H and O–H groups in total. The van der Waals surface area contributed by atoms with E-state index in [0.29, 0.717) is 0 Å². The van der Waals surface area contributed by atoms with Gasteiger partial charge in [-0.2, -0.15) is 13.2 Å². The molecule has 1 aromatic heterocycles. The van der Waals surface area contributed by atoms with E-state index in [-0.39, 0.29) is 11.4 Å². The van der Waals surface area contributed by atoms with Crippen LogP contribution in [0.2, 0.25) is 0 Å². The van der Waals surface area contributed by atoms with Crippen molar-refractivity contribution in [3.63, 3.8) is 0 Å². The predicted molar refractivity (Wildman–Crippen MR) is 67.1 cm³/mol. The zero-order valence-corrected chi connectivity index (χ0v) is 10.2. The van der Waals surface area contributed by atoms with E-state index in [1.807, 2.05) is 4.98 Å². The van der Waals surface area contributed by atoms with Crippen LogP contribution in [-0.2, 0) is 6.18 Å². The van der Waals surface area contributed by atoms with Crippen LogP contribution in [0.25, 0.3) is 0 Å². The number of benzene rings is 1. The minimum Gasteiger partial charge on any atom is -0.321 e. The highest BCUT2D eigenvalue weighted by molar-refractivity contribution is 6.02. The third-order valence-electron chi connectivity index (χ3n) is 2.45. The highest BCUT2D eigenvalue weighted by atomic mass is 19.4. The van der Waals surface area contributed by atoms with Gasteiger partial charge in [-0.25, -0.2) is 4.79 Å². The Morgan fingerprint density at radius 3 is 2.43 bits per heavy atom. The van der Waals surface area contributed by atoms with Gasteiger partial charge in [-0.1, -0.05) is 6.07 Å². The van der Waals surface area contributed by atoms with Crippen molar-refractivity contribution in [2.24, 2.45) is 0 Å². The molecule has 1 aromatic carbocycles. The molecule has 1 amide bonds. The first-order valence-corrected chi connectivity index (χ1v) is 5.58. The van der Waals surface area contributed by atoms with Crippen molar-refractivity contribution in [3.8, 4) is 0 Å². The average Bonchev–Trinajstić information content (AvgIpc) is 2.37. The molecule has 0 bridgehead atoms. The van der Waals surface area contributed by atoms with Crippen LogP contribution in [0, 0.1) is 0 Å². The van der Waals surface area contributed by atoms with Crippen LogP contribution in [0.4, 0.5) is 18.9 Å². The van der Waals surface area contributed by atoms with Gasteiger partial charge in [0.15, 0.2) is 0 Å². The molecule has 0 saturated carbocycles. The molecule has 9 heteroatoms. The first kappa shape index (κ1) is 14.6. The molecule has 1 heterocycles. The van der Waals surface area contributed by atoms with Gasteiger partial charge in [-0.3, -0.25) is 14.6 Å². The van der Waals surface area contributed by atoms with Gasteiger partial charge < -0.3 is 10.3 Å². The molecule has 0 aliphatic carbocycles. The molecule has 2 aromatic rings. The zero-order valence-electron chi connectivity index (χ0n) is 10.2. The summed E-state index contributed by atoms with van der Waals surface area (Å²) < 4.78 is 37.6. The quantitative estimate of drug-likeness (QED) is 0.780. The number of nitrogens with one attached hydrogen (secondary N) is 3. The Balaban J connectivity index is 2.28. The Morgan fingerprint density at radius 1 is 1.10 bits per heavy atom. The lowest BCUT2D eigenvalue weighted by molar-refractivity contribution is -0.137. The zero-order chi connectivity index (χ0) is 15.6. The highest BCUT2D eigenvalue weighted by Crippen LogP contribution is 2.30. The monoisotopic (exact) mass is 299 g/mol. The summed E-state index contributed by atoms with van der Waals surface area (Å²) in [6.07, 6.45) is -4.54. The van der Waals surface area contributed by atoms with Crippen molar-refractivity contribution in [3.05, 3.63) is 62.4 Å². The second-order valence-corrected chi connectivity index (χ2v) is 4.03. The maximum atomic E-state index is 12.5. The Morgan fingerprint density at radius 2 is 1.81 bits per heavy atom. The lowest BCUT2D eigenvalue weighted by Crippen LogP contribution is -2.27. The molecule has 0 atom stereocenters. The molecule has 2 rings (SSSR count). The number of halogens is 3. The number of carbonyl (C=O) groups is 1. The third kappa shape index (κ3) is 3.59. The van der Waals surface area contributed by atoms with Gasteiger partial charge in [-0.05, 0) is 18.2 Å². The highest BCUT2D eigenvalue weighted by Gasteiger charge is 2.30. The lowest BCUT2D eigenvalue weighted by atomic mass is 10.2. The summed E-state index contributed by atoms with van der Waals surface area (Å²) in [6.45, 7) is 0. The summed E-state index contributed by atoms with van der Waals surface area (Å²) in [5.41, 5.74) is -3.10. The topological polar surface area (TPSA) is 94.8 Å². The van der Waals surface area contributed by atoms with Crippen LogP contribution < -0.4 is 16.6 Å². The first-order valence-electron chi connectivity index (χ1n) is 5.58. The maximum absolute atomic E-state index is 12.5. The maximum Gasteiger partial charge on any atom is 0.416 e. The molecule has 0 radical (unpaired) electrons. The Labute approximate surface area is 114 Å². The first-order chi connectivity index (χ1) is 9.75. The van der Waals surface area contributed by atoms with Gasteiger partial charge in [0.2, 0.25) is 0 Å². The minimum absolute atomic E-state index is 0.115. The summed E-state index contributed by atoms with van der Waals surface area (Å²) >= 11 is 0. The number of hydrogen-bond acceptors (Lipinski definition) is 3. The van der Waals surface area contributed by atoms with E-state index >= 15 is 0 Å². The van der Waals surface area contributed by atoms with Crippen LogP contribution in [0.15, 0.2) is 39.9 Å². The fourth-order valence-corrected chi connectivity index (χ4v) is 1.56. The van der Waals surface area contributed by atoms with Crippen molar-refractivity contribution < 1.29 is 18.0 Å². The van der Waals surface area contributed by atoms with Crippen LogP contribution in [-0.4, -0.2) is 15.9 Å².